The van der Waals surface area contributed by atoms with Crippen molar-refractivity contribution in [2.24, 2.45) is 0 Å². The van der Waals surface area contributed by atoms with E-state index in [9.17, 15) is 4.21 Å². The normalized spacial score (nSPS) is 15.0. The summed E-state index contributed by atoms with van der Waals surface area (Å²) in [5, 5.41) is 1.03. The Morgan fingerprint density at radius 1 is 1.32 bits per heavy atom. The fraction of sp³-hybridized carbons (Fsp3) is 0.474. The summed E-state index contributed by atoms with van der Waals surface area (Å²) >= 11 is 0. The van der Waals surface area contributed by atoms with E-state index in [1.807, 2.05) is 40.1 Å². The second kappa shape index (κ2) is 6.50. The third kappa shape index (κ3) is 3.33. The van der Waals surface area contributed by atoms with E-state index in [4.69, 9.17) is 4.98 Å². The number of hydrogen-bond donors (Lipinski definition) is 1. The zero-order valence-electron chi connectivity index (χ0n) is 15.8. The molecule has 25 heavy (non-hydrogen) atoms. The average Bonchev–Trinajstić information content (AvgIpc) is 3.02. The van der Waals surface area contributed by atoms with Crippen LogP contribution in [0.1, 0.15) is 57.6 Å². The van der Waals surface area contributed by atoms with E-state index in [0.717, 1.165) is 39.9 Å². The van der Waals surface area contributed by atoms with Crippen molar-refractivity contribution in [2.75, 3.05) is 0 Å². The molecule has 0 aliphatic carbocycles. The van der Waals surface area contributed by atoms with Crippen molar-refractivity contribution in [2.45, 2.75) is 58.8 Å². The molecule has 2 atom stereocenters. The monoisotopic (exact) mass is 358 g/mol. The SMILES string of the molecule is CCc1nc2c(C(C)N[S@](=O)C(C)(C)C)cc(C)cc2c2nccn12. The molecule has 134 valence electrons. The van der Waals surface area contributed by atoms with Crippen molar-refractivity contribution >= 4 is 27.5 Å². The molecule has 5 nitrogen and oxygen atoms in total. The van der Waals surface area contributed by atoms with Crippen LogP contribution in [0.4, 0.5) is 0 Å². The Kier molecular flexibility index (Phi) is 4.68. The fourth-order valence-corrected chi connectivity index (χ4v) is 3.78. The van der Waals surface area contributed by atoms with Crippen molar-refractivity contribution in [1.82, 2.24) is 19.1 Å². The van der Waals surface area contributed by atoms with Crippen LogP contribution in [0.15, 0.2) is 24.5 Å². The molecule has 0 aliphatic rings. The lowest BCUT2D eigenvalue weighted by Crippen LogP contribution is -2.35. The molecule has 0 fully saturated rings. The maximum atomic E-state index is 12.5. The summed E-state index contributed by atoms with van der Waals surface area (Å²) in [5.74, 6) is 0.981. The molecule has 0 saturated heterocycles. The van der Waals surface area contributed by atoms with Gasteiger partial charge in [0.1, 0.15) is 11.5 Å². The van der Waals surface area contributed by atoms with Crippen LogP contribution >= 0.6 is 0 Å². The molecule has 0 bridgehead atoms. The van der Waals surface area contributed by atoms with Gasteiger partial charge in [-0.2, -0.15) is 0 Å². The Hall–Kier alpha value is -1.79. The molecule has 0 aliphatic heterocycles. The smallest absolute Gasteiger partial charge is 0.147 e. The van der Waals surface area contributed by atoms with Gasteiger partial charge in [-0.3, -0.25) is 4.40 Å². The first-order chi connectivity index (χ1) is 11.7. The lowest BCUT2D eigenvalue weighted by Gasteiger charge is -2.23. The Bertz CT molecular complexity index is 955. The molecule has 0 saturated carbocycles. The van der Waals surface area contributed by atoms with Crippen LogP contribution in [0, 0.1) is 6.92 Å². The van der Waals surface area contributed by atoms with Gasteiger partial charge in [-0.15, -0.1) is 0 Å². The van der Waals surface area contributed by atoms with Gasteiger partial charge in [0.15, 0.2) is 0 Å². The highest BCUT2D eigenvalue weighted by Crippen LogP contribution is 2.28. The van der Waals surface area contributed by atoms with Crippen LogP contribution in [0.25, 0.3) is 16.6 Å². The zero-order chi connectivity index (χ0) is 18.4. The van der Waals surface area contributed by atoms with Gasteiger partial charge in [-0.05, 0) is 51.8 Å². The summed E-state index contributed by atoms with van der Waals surface area (Å²) in [6.07, 6.45) is 4.60. The highest BCUT2D eigenvalue weighted by Gasteiger charge is 2.23. The highest BCUT2D eigenvalue weighted by atomic mass is 32.2. The molecule has 2 heterocycles. The van der Waals surface area contributed by atoms with E-state index in [2.05, 4.69) is 40.1 Å². The van der Waals surface area contributed by atoms with Crippen molar-refractivity contribution in [3.63, 3.8) is 0 Å². The maximum absolute atomic E-state index is 12.5. The number of rotatable bonds is 4. The molecule has 0 radical (unpaired) electrons. The number of imidazole rings is 1. The molecular formula is C19H26N4OS. The van der Waals surface area contributed by atoms with E-state index in [1.54, 1.807) is 0 Å². The summed E-state index contributed by atoms with van der Waals surface area (Å²) in [4.78, 5) is 9.45. The van der Waals surface area contributed by atoms with E-state index in [-0.39, 0.29) is 10.8 Å². The summed E-state index contributed by atoms with van der Waals surface area (Å²) in [7, 11) is -1.14. The summed E-state index contributed by atoms with van der Waals surface area (Å²) < 4.78 is 17.5. The topological polar surface area (TPSA) is 59.3 Å². The summed E-state index contributed by atoms with van der Waals surface area (Å²) in [5.41, 5.74) is 4.07. The van der Waals surface area contributed by atoms with Crippen LogP contribution in [0.3, 0.4) is 0 Å². The average molecular weight is 359 g/mol. The minimum absolute atomic E-state index is 0.0722. The highest BCUT2D eigenvalue weighted by molar-refractivity contribution is 7.84. The number of benzene rings is 1. The first-order valence-electron chi connectivity index (χ1n) is 8.66. The number of aryl methyl sites for hydroxylation is 2. The zero-order valence-corrected chi connectivity index (χ0v) is 16.6. The first kappa shape index (κ1) is 18.0. The van der Waals surface area contributed by atoms with Crippen molar-refractivity contribution in [3.8, 4) is 0 Å². The fourth-order valence-electron chi connectivity index (χ4n) is 2.98. The van der Waals surface area contributed by atoms with Crippen LogP contribution in [-0.2, 0) is 17.4 Å². The third-order valence-corrected chi connectivity index (χ3v) is 5.99. The number of nitrogens with one attached hydrogen (secondary N) is 1. The van der Waals surface area contributed by atoms with Gasteiger partial charge in [0.25, 0.3) is 0 Å². The van der Waals surface area contributed by atoms with Crippen LogP contribution in [0.5, 0.6) is 0 Å². The van der Waals surface area contributed by atoms with Crippen LogP contribution < -0.4 is 4.72 Å². The molecular weight excluding hydrogens is 332 g/mol. The van der Waals surface area contributed by atoms with Crippen molar-refractivity contribution in [3.05, 3.63) is 41.5 Å². The molecule has 1 N–H and O–H groups in total. The molecule has 3 aromatic rings. The van der Waals surface area contributed by atoms with Gasteiger partial charge in [0.05, 0.1) is 21.2 Å². The lowest BCUT2D eigenvalue weighted by atomic mass is 10.0. The standard InChI is InChI=1S/C19H26N4OS/c1-7-16-21-17-14(13(3)22-25(24)19(4,5)6)10-12(2)11-15(17)18-20-8-9-23(16)18/h8-11,13,22H,7H2,1-6H3/t13?,25-/m1/s1. The largest absolute Gasteiger partial charge is 0.287 e. The Balaban J connectivity index is 2.19. The molecule has 0 spiro atoms. The molecule has 2 aromatic heterocycles. The van der Waals surface area contributed by atoms with E-state index in [0.29, 0.717) is 0 Å². The molecule has 1 unspecified atom stereocenters. The second-order valence-corrected chi connectivity index (χ2v) is 9.47. The number of nitrogens with zero attached hydrogens (tertiary/aromatic N) is 3. The molecule has 1 aromatic carbocycles. The predicted octanol–water partition coefficient (Wildman–Crippen LogP) is 3.87. The summed E-state index contributed by atoms with van der Waals surface area (Å²) in [6, 6.07) is 4.18. The van der Waals surface area contributed by atoms with Gasteiger partial charge in [0.2, 0.25) is 0 Å². The number of hydrogen-bond acceptors (Lipinski definition) is 3. The Morgan fingerprint density at radius 3 is 2.68 bits per heavy atom. The van der Waals surface area contributed by atoms with E-state index in [1.165, 1.54) is 0 Å². The number of aromatic nitrogens is 3. The molecule has 3 rings (SSSR count). The summed E-state index contributed by atoms with van der Waals surface area (Å²) in [6.45, 7) is 12.1. The maximum Gasteiger partial charge on any atom is 0.147 e. The molecule has 6 heteroatoms. The minimum atomic E-state index is -1.14. The van der Waals surface area contributed by atoms with Crippen LogP contribution in [0.2, 0.25) is 0 Å². The predicted molar refractivity (Wildman–Crippen MR) is 104 cm³/mol. The Morgan fingerprint density at radius 2 is 2.04 bits per heavy atom. The lowest BCUT2D eigenvalue weighted by molar-refractivity contribution is 0.617. The first-order valence-corrected chi connectivity index (χ1v) is 9.81. The van der Waals surface area contributed by atoms with E-state index < -0.39 is 11.0 Å². The van der Waals surface area contributed by atoms with E-state index >= 15 is 0 Å². The number of fused-ring (bicyclic) bond motifs is 3. The Labute approximate surface area is 151 Å². The molecule has 0 amide bonds. The van der Waals surface area contributed by atoms with Crippen molar-refractivity contribution < 1.29 is 4.21 Å². The minimum Gasteiger partial charge on any atom is -0.287 e. The third-order valence-electron chi connectivity index (χ3n) is 4.31. The van der Waals surface area contributed by atoms with Gasteiger partial charge in [-0.1, -0.05) is 13.0 Å². The van der Waals surface area contributed by atoms with Gasteiger partial charge in [-0.25, -0.2) is 18.9 Å². The van der Waals surface area contributed by atoms with Gasteiger partial charge < -0.3 is 0 Å². The van der Waals surface area contributed by atoms with Gasteiger partial charge >= 0.3 is 0 Å². The van der Waals surface area contributed by atoms with Crippen LogP contribution in [-0.4, -0.2) is 23.3 Å². The quantitative estimate of drug-likeness (QED) is 0.770. The van der Waals surface area contributed by atoms with Gasteiger partial charge in [0, 0.05) is 30.2 Å². The second-order valence-electron chi connectivity index (χ2n) is 7.47. The van der Waals surface area contributed by atoms with Crippen molar-refractivity contribution in [1.29, 1.82) is 0 Å².